The average Bonchev–Trinajstić information content (AvgIpc) is 2.35. The fraction of sp³-hybridized carbons (Fsp3) is 0.167. The van der Waals surface area contributed by atoms with E-state index in [4.69, 9.17) is 0 Å². The van der Waals surface area contributed by atoms with E-state index in [2.05, 4.69) is 44.9 Å². The molecule has 0 fully saturated rings. The van der Waals surface area contributed by atoms with Gasteiger partial charge < -0.3 is 0 Å². The van der Waals surface area contributed by atoms with Gasteiger partial charge in [0.25, 0.3) is 0 Å². The molecule has 0 amide bonds. The van der Waals surface area contributed by atoms with Crippen LogP contribution in [0.4, 0.5) is 0 Å². The molecule has 2 rings (SSSR count). The summed E-state index contributed by atoms with van der Waals surface area (Å²) in [5.74, 6) is 0. The predicted molar refractivity (Wildman–Crippen MR) is 44.0 cm³/mol. The zero-order chi connectivity index (χ0) is 6.27. The molecule has 0 atom stereocenters. The van der Waals surface area contributed by atoms with E-state index in [9.17, 15) is 0 Å². The molecule has 1 aliphatic rings. The minimum absolute atomic E-state index is 1.02. The first-order valence-electron chi connectivity index (χ1n) is 2.77. The molecule has 0 saturated heterocycles. The molecule has 0 aromatic carbocycles. The Morgan fingerprint density at radius 3 is 3.33 bits per heavy atom. The van der Waals surface area contributed by atoms with Gasteiger partial charge in [0, 0.05) is 17.7 Å². The summed E-state index contributed by atoms with van der Waals surface area (Å²) in [5.41, 5.74) is 2.52. The van der Waals surface area contributed by atoms with E-state index < -0.39 is 0 Å². The molecule has 0 saturated carbocycles. The van der Waals surface area contributed by atoms with Gasteiger partial charge in [-0.1, -0.05) is 12.2 Å². The third kappa shape index (κ3) is 0.710. The Balaban J connectivity index is 2.67. The van der Waals surface area contributed by atoms with Gasteiger partial charge in [-0.3, -0.25) is 5.10 Å². The number of H-pyrrole nitrogens is 1. The van der Waals surface area contributed by atoms with Crippen LogP contribution in [0.15, 0.2) is 6.08 Å². The van der Waals surface area contributed by atoms with E-state index in [0.29, 0.717) is 0 Å². The number of aromatic nitrogens is 2. The van der Waals surface area contributed by atoms with Crippen molar-refractivity contribution in [2.75, 3.05) is 0 Å². The lowest BCUT2D eigenvalue weighted by Gasteiger charge is -1.81. The Morgan fingerprint density at radius 2 is 2.56 bits per heavy atom. The minimum Gasteiger partial charge on any atom is -0.281 e. The van der Waals surface area contributed by atoms with Gasteiger partial charge in [-0.15, -0.1) is 0 Å². The summed E-state index contributed by atoms with van der Waals surface area (Å²) in [5, 5.41) is 7.01. The number of nitrogens with zero attached hydrogens (tertiary/aromatic N) is 1. The zero-order valence-electron chi connectivity index (χ0n) is 4.69. The molecule has 1 N–H and O–H groups in total. The van der Waals surface area contributed by atoms with Crippen LogP contribution < -0.4 is 0 Å². The van der Waals surface area contributed by atoms with Gasteiger partial charge in [0.05, 0.1) is 0 Å². The van der Waals surface area contributed by atoms with Crippen molar-refractivity contribution in [3.8, 4) is 0 Å². The van der Waals surface area contributed by atoms with Crippen molar-refractivity contribution in [2.24, 2.45) is 0 Å². The van der Waals surface area contributed by atoms with Crippen LogP contribution >= 0.6 is 22.6 Å². The van der Waals surface area contributed by atoms with Crippen molar-refractivity contribution in [2.45, 2.75) is 6.42 Å². The SMILES string of the molecule is Ic1n[nH]c2c1C=CC2. The molecule has 3 heteroatoms. The second-order valence-electron chi connectivity index (χ2n) is 2.01. The Bertz CT molecular complexity index is 262. The van der Waals surface area contributed by atoms with Crippen molar-refractivity contribution < 1.29 is 0 Å². The molecule has 1 aromatic heterocycles. The maximum atomic E-state index is 4.05. The summed E-state index contributed by atoms with van der Waals surface area (Å²) < 4.78 is 1.08. The molecule has 2 nitrogen and oxygen atoms in total. The number of allylic oxidation sites excluding steroid dienone is 1. The summed E-state index contributed by atoms with van der Waals surface area (Å²) in [6.07, 6.45) is 5.27. The lowest BCUT2D eigenvalue weighted by Crippen LogP contribution is -1.76. The summed E-state index contributed by atoms with van der Waals surface area (Å²) in [7, 11) is 0. The third-order valence-electron chi connectivity index (χ3n) is 1.44. The standard InChI is InChI=1S/C6H5IN2/c7-6-4-2-1-3-5(4)8-9-6/h1-2H,3H2,(H,8,9). The van der Waals surface area contributed by atoms with Crippen molar-refractivity contribution >= 4 is 28.7 Å². The first kappa shape index (κ1) is 5.46. The van der Waals surface area contributed by atoms with Crippen LogP contribution in [0.25, 0.3) is 6.08 Å². The fourth-order valence-electron chi connectivity index (χ4n) is 0.981. The van der Waals surface area contributed by atoms with Crippen molar-refractivity contribution in [1.29, 1.82) is 0 Å². The Hall–Kier alpha value is -0.320. The first-order chi connectivity index (χ1) is 4.38. The molecule has 1 heterocycles. The lowest BCUT2D eigenvalue weighted by atomic mass is 10.3. The minimum atomic E-state index is 1.02. The van der Waals surface area contributed by atoms with Crippen molar-refractivity contribution in [1.82, 2.24) is 10.2 Å². The highest BCUT2D eigenvalue weighted by Gasteiger charge is 2.10. The van der Waals surface area contributed by atoms with Gasteiger partial charge in [0.1, 0.15) is 3.70 Å². The second kappa shape index (κ2) is 1.83. The summed E-state index contributed by atoms with van der Waals surface area (Å²) >= 11 is 2.23. The number of hydrogen-bond acceptors (Lipinski definition) is 1. The van der Waals surface area contributed by atoms with E-state index in [-0.39, 0.29) is 0 Å². The molecule has 46 valence electrons. The number of rotatable bonds is 0. The Morgan fingerprint density at radius 1 is 1.67 bits per heavy atom. The topological polar surface area (TPSA) is 28.7 Å². The first-order valence-corrected chi connectivity index (χ1v) is 3.85. The van der Waals surface area contributed by atoms with Crippen LogP contribution in [0.5, 0.6) is 0 Å². The quantitative estimate of drug-likeness (QED) is 0.676. The van der Waals surface area contributed by atoms with Crippen LogP contribution in [-0.4, -0.2) is 10.2 Å². The summed E-state index contributed by atoms with van der Waals surface area (Å²) in [6.45, 7) is 0. The number of fused-ring (bicyclic) bond motifs is 1. The molecular weight excluding hydrogens is 227 g/mol. The van der Waals surface area contributed by atoms with E-state index in [1.807, 2.05) is 0 Å². The Kier molecular flexibility index (Phi) is 1.11. The van der Waals surface area contributed by atoms with Crippen LogP contribution in [0, 0.1) is 3.70 Å². The smallest absolute Gasteiger partial charge is 0.130 e. The van der Waals surface area contributed by atoms with Gasteiger partial charge in [0.15, 0.2) is 0 Å². The Labute approximate surface area is 66.5 Å². The fourth-order valence-corrected chi connectivity index (χ4v) is 1.61. The number of nitrogens with one attached hydrogen (secondary N) is 1. The number of halogens is 1. The summed E-state index contributed by atoms with van der Waals surface area (Å²) in [6, 6.07) is 0. The highest BCUT2D eigenvalue weighted by molar-refractivity contribution is 14.1. The van der Waals surface area contributed by atoms with Gasteiger partial charge in [-0.05, 0) is 22.6 Å². The molecule has 9 heavy (non-hydrogen) atoms. The van der Waals surface area contributed by atoms with Crippen LogP contribution in [0.3, 0.4) is 0 Å². The van der Waals surface area contributed by atoms with Crippen molar-refractivity contribution in [3.05, 3.63) is 21.0 Å². The van der Waals surface area contributed by atoms with Gasteiger partial charge >= 0.3 is 0 Å². The van der Waals surface area contributed by atoms with Crippen LogP contribution in [0.2, 0.25) is 0 Å². The molecular formula is C6H5IN2. The van der Waals surface area contributed by atoms with E-state index in [1.54, 1.807) is 0 Å². The molecule has 1 aliphatic carbocycles. The predicted octanol–water partition coefficient (Wildman–Crippen LogP) is 1.58. The second-order valence-corrected chi connectivity index (χ2v) is 3.03. The molecule has 0 spiro atoms. The molecule has 0 aliphatic heterocycles. The highest BCUT2D eigenvalue weighted by atomic mass is 127. The molecule has 0 bridgehead atoms. The average molecular weight is 232 g/mol. The van der Waals surface area contributed by atoms with Crippen LogP contribution in [0.1, 0.15) is 11.3 Å². The third-order valence-corrected chi connectivity index (χ3v) is 2.27. The van der Waals surface area contributed by atoms with Gasteiger partial charge in [-0.2, -0.15) is 5.10 Å². The molecule has 0 radical (unpaired) electrons. The van der Waals surface area contributed by atoms with E-state index >= 15 is 0 Å². The van der Waals surface area contributed by atoms with E-state index in [0.717, 1.165) is 10.1 Å². The molecule has 1 aromatic rings. The normalized spacial score (nSPS) is 14.3. The van der Waals surface area contributed by atoms with Gasteiger partial charge in [-0.25, -0.2) is 0 Å². The lowest BCUT2D eigenvalue weighted by molar-refractivity contribution is 1.00. The maximum absolute atomic E-state index is 4.05. The van der Waals surface area contributed by atoms with Crippen molar-refractivity contribution in [3.63, 3.8) is 0 Å². The maximum Gasteiger partial charge on any atom is 0.130 e. The van der Waals surface area contributed by atoms with E-state index in [1.165, 1.54) is 11.3 Å². The number of aromatic amines is 1. The van der Waals surface area contributed by atoms with Crippen LogP contribution in [-0.2, 0) is 6.42 Å². The largest absolute Gasteiger partial charge is 0.281 e. The zero-order valence-corrected chi connectivity index (χ0v) is 6.84. The molecule has 0 unspecified atom stereocenters. The number of hydrogen-bond donors (Lipinski definition) is 1. The monoisotopic (exact) mass is 232 g/mol. The van der Waals surface area contributed by atoms with Gasteiger partial charge in [0.2, 0.25) is 0 Å². The highest BCUT2D eigenvalue weighted by Crippen LogP contribution is 2.20. The summed E-state index contributed by atoms with van der Waals surface area (Å²) in [4.78, 5) is 0.